The molecule has 0 bridgehead atoms. The fraction of sp³-hybridized carbons (Fsp3) is 0.438. The van der Waals surface area contributed by atoms with E-state index in [1.54, 1.807) is 13.2 Å². The largest absolute Gasteiger partial charge is 0.423 e. The van der Waals surface area contributed by atoms with Crippen molar-refractivity contribution in [1.82, 2.24) is 4.31 Å². The van der Waals surface area contributed by atoms with Gasteiger partial charge in [0.2, 0.25) is 10.0 Å². The second kappa shape index (κ2) is 7.84. The Morgan fingerprint density at radius 1 is 1.32 bits per heavy atom. The molecule has 25 heavy (non-hydrogen) atoms. The molecule has 1 fully saturated rings. The third kappa shape index (κ3) is 3.88. The summed E-state index contributed by atoms with van der Waals surface area (Å²) in [4.78, 5) is 11.4. The number of halogens is 1. The predicted octanol–water partition coefficient (Wildman–Crippen LogP) is 1.34. The topological polar surface area (TPSA) is 103 Å². The lowest BCUT2D eigenvalue weighted by molar-refractivity contribution is 0.0401. The molecule has 2 unspecified atom stereocenters. The van der Waals surface area contributed by atoms with Crippen LogP contribution in [-0.4, -0.2) is 45.1 Å². The summed E-state index contributed by atoms with van der Waals surface area (Å²) in [6, 6.07) is 7.00. The van der Waals surface area contributed by atoms with Crippen LogP contribution in [0.4, 0.5) is 0 Å². The van der Waals surface area contributed by atoms with Crippen molar-refractivity contribution in [3.8, 4) is 0 Å². The molecule has 3 rings (SSSR count). The molecule has 1 aliphatic rings. The first-order valence-electron chi connectivity index (χ1n) is 7.74. The summed E-state index contributed by atoms with van der Waals surface area (Å²) in [5, 5.41) is 0.562. The number of rotatable bonds is 4. The highest BCUT2D eigenvalue weighted by molar-refractivity contribution is 7.89. The fourth-order valence-electron chi connectivity index (χ4n) is 3.08. The predicted molar refractivity (Wildman–Crippen MR) is 96.5 cm³/mol. The van der Waals surface area contributed by atoms with Gasteiger partial charge in [-0.3, -0.25) is 0 Å². The highest BCUT2D eigenvalue weighted by Gasteiger charge is 2.36. The van der Waals surface area contributed by atoms with Gasteiger partial charge in [-0.2, -0.15) is 4.31 Å². The molecule has 0 spiro atoms. The lowest BCUT2D eigenvalue weighted by Crippen LogP contribution is -2.51. The average Bonchev–Trinajstić information content (AvgIpc) is 2.60. The highest BCUT2D eigenvalue weighted by atomic mass is 35.5. The maximum Gasteiger partial charge on any atom is 0.336 e. The maximum absolute atomic E-state index is 13.0. The smallest absolute Gasteiger partial charge is 0.336 e. The molecular weight excluding hydrogens is 368 g/mol. The zero-order chi connectivity index (χ0) is 17.3. The van der Waals surface area contributed by atoms with E-state index in [-0.39, 0.29) is 36.0 Å². The number of nitrogens with zero attached hydrogens (tertiary/aromatic N) is 1. The molecule has 7 nitrogen and oxygen atoms in total. The minimum atomic E-state index is -3.68. The molecular formula is C16H21ClN2O5S. The second-order valence-electron chi connectivity index (χ2n) is 5.84. The molecule has 0 saturated carbocycles. The van der Waals surface area contributed by atoms with Crippen molar-refractivity contribution in [3.63, 3.8) is 0 Å². The minimum absolute atomic E-state index is 0. The SMILES string of the molecule is COC1CCN(S(=O)(=O)c2ccc3oc(=O)ccc3c2)C(CN)C1.Cl. The van der Waals surface area contributed by atoms with Crippen LogP contribution in [0.1, 0.15) is 12.8 Å². The first-order chi connectivity index (χ1) is 11.5. The summed E-state index contributed by atoms with van der Waals surface area (Å²) < 4.78 is 37.8. The van der Waals surface area contributed by atoms with E-state index in [1.807, 2.05) is 0 Å². The molecule has 0 radical (unpaired) electrons. The van der Waals surface area contributed by atoms with Gasteiger partial charge >= 0.3 is 5.63 Å². The van der Waals surface area contributed by atoms with Gasteiger partial charge in [0.1, 0.15) is 5.58 Å². The monoisotopic (exact) mass is 388 g/mol. The maximum atomic E-state index is 13.0. The molecule has 138 valence electrons. The molecule has 2 atom stereocenters. The Morgan fingerprint density at radius 2 is 2.08 bits per heavy atom. The zero-order valence-corrected chi connectivity index (χ0v) is 15.4. The molecule has 2 heterocycles. The zero-order valence-electron chi connectivity index (χ0n) is 13.8. The Morgan fingerprint density at radius 3 is 2.76 bits per heavy atom. The second-order valence-corrected chi connectivity index (χ2v) is 7.73. The number of hydrogen-bond acceptors (Lipinski definition) is 6. The molecule has 0 aliphatic carbocycles. The van der Waals surface area contributed by atoms with Gasteiger partial charge < -0.3 is 14.9 Å². The van der Waals surface area contributed by atoms with Crippen LogP contribution in [-0.2, 0) is 14.8 Å². The van der Waals surface area contributed by atoms with E-state index in [2.05, 4.69) is 0 Å². The van der Waals surface area contributed by atoms with E-state index in [9.17, 15) is 13.2 Å². The van der Waals surface area contributed by atoms with Gasteiger partial charge in [0, 0.05) is 37.7 Å². The van der Waals surface area contributed by atoms with Crippen LogP contribution in [0.3, 0.4) is 0 Å². The molecule has 9 heteroatoms. The number of ether oxygens (including phenoxy) is 1. The Hall–Kier alpha value is -1.45. The average molecular weight is 389 g/mol. The van der Waals surface area contributed by atoms with Crippen LogP contribution < -0.4 is 11.4 Å². The number of nitrogens with two attached hydrogens (primary N) is 1. The number of piperidine rings is 1. The van der Waals surface area contributed by atoms with Gasteiger partial charge in [0.25, 0.3) is 0 Å². The Kier molecular flexibility index (Phi) is 6.23. The van der Waals surface area contributed by atoms with Crippen LogP contribution in [0.25, 0.3) is 11.0 Å². The summed E-state index contributed by atoms with van der Waals surface area (Å²) in [5.41, 5.74) is 5.67. The van der Waals surface area contributed by atoms with Gasteiger partial charge in [-0.25, -0.2) is 13.2 Å². The quantitative estimate of drug-likeness (QED) is 0.793. The van der Waals surface area contributed by atoms with Crippen LogP contribution in [0, 0.1) is 0 Å². The molecule has 2 N–H and O–H groups in total. The fourth-order valence-corrected chi connectivity index (χ4v) is 4.78. The summed E-state index contributed by atoms with van der Waals surface area (Å²) >= 11 is 0. The number of sulfonamides is 1. The van der Waals surface area contributed by atoms with E-state index in [0.29, 0.717) is 30.4 Å². The van der Waals surface area contributed by atoms with Crippen molar-refractivity contribution in [2.45, 2.75) is 29.9 Å². The third-order valence-electron chi connectivity index (χ3n) is 4.42. The van der Waals surface area contributed by atoms with Crippen molar-refractivity contribution >= 4 is 33.4 Å². The first kappa shape index (κ1) is 19.9. The molecule has 1 aromatic carbocycles. The van der Waals surface area contributed by atoms with Crippen LogP contribution in [0.5, 0.6) is 0 Å². The first-order valence-corrected chi connectivity index (χ1v) is 9.18. The van der Waals surface area contributed by atoms with E-state index < -0.39 is 15.6 Å². The van der Waals surface area contributed by atoms with Crippen LogP contribution in [0.2, 0.25) is 0 Å². The molecule has 1 aliphatic heterocycles. The van der Waals surface area contributed by atoms with Gasteiger partial charge in [0.05, 0.1) is 11.0 Å². The summed E-state index contributed by atoms with van der Waals surface area (Å²) in [5.74, 6) is 0. The van der Waals surface area contributed by atoms with Crippen molar-refractivity contribution in [2.75, 3.05) is 20.2 Å². The van der Waals surface area contributed by atoms with Crippen molar-refractivity contribution in [3.05, 3.63) is 40.8 Å². The lowest BCUT2D eigenvalue weighted by Gasteiger charge is -2.37. The molecule has 2 aromatic rings. The molecule has 1 saturated heterocycles. The Labute approximate surface area is 152 Å². The minimum Gasteiger partial charge on any atom is -0.423 e. The lowest BCUT2D eigenvalue weighted by atomic mass is 10.0. The summed E-state index contributed by atoms with van der Waals surface area (Å²) in [6.45, 7) is 0.603. The highest BCUT2D eigenvalue weighted by Crippen LogP contribution is 2.27. The van der Waals surface area contributed by atoms with Gasteiger partial charge in [-0.1, -0.05) is 0 Å². The normalized spacial score (nSPS) is 21.8. The van der Waals surface area contributed by atoms with E-state index >= 15 is 0 Å². The van der Waals surface area contributed by atoms with Crippen molar-refractivity contribution < 1.29 is 17.6 Å². The van der Waals surface area contributed by atoms with Crippen molar-refractivity contribution in [2.24, 2.45) is 5.73 Å². The molecule has 1 aromatic heterocycles. The summed E-state index contributed by atoms with van der Waals surface area (Å²) in [7, 11) is -2.05. The van der Waals surface area contributed by atoms with Crippen molar-refractivity contribution in [1.29, 1.82) is 0 Å². The standard InChI is InChI=1S/C16H20N2O5S.ClH/c1-22-13-6-7-18(12(9-13)10-17)24(20,21)14-3-4-15-11(8-14)2-5-16(19)23-15;/h2-5,8,12-13H,6-7,9-10,17H2,1H3;1H. The van der Waals surface area contributed by atoms with E-state index in [4.69, 9.17) is 14.9 Å². The Bertz CT molecular complexity index is 899. The van der Waals surface area contributed by atoms with E-state index in [0.717, 1.165) is 0 Å². The number of hydrogen-bond donors (Lipinski definition) is 1. The third-order valence-corrected chi connectivity index (χ3v) is 6.36. The van der Waals surface area contributed by atoms with Crippen LogP contribution in [0.15, 0.2) is 44.4 Å². The molecule has 0 amide bonds. The Balaban J connectivity index is 0.00000225. The number of methoxy groups -OCH3 is 1. The van der Waals surface area contributed by atoms with Gasteiger partial charge in [-0.05, 0) is 37.1 Å². The number of benzene rings is 1. The summed E-state index contributed by atoms with van der Waals surface area (Å²) in [6.07, 6.45) is 1.24. The number of fused-ring (bicyclic) bond motifs is 1. The van der Waals surface area contributed by atoms with Gasteiger partial charge in [0.15, 0.2) is 0 Å². The van der Waals surface area contributed by atoms with Crippen LogP contribution >= 0.6 is 12.4 Å². The van der Waals surface area contributed by atoms with E-state index in [1.165, 1.54) is 28.6 Å². The van der Waals surface area contributed by atoms with Gasteiger partial charge in [-0.15, -0.1) is 12.4 Å².